The summed E-state index contributed by atoms with van der Waals surface area (Å²) in [6.07, 6.45) is 1.40. The number of rotatable bonds is 5. The van der Waals surface area contributed by atoms with Gasteiger partial charge < -0.3 is 15.4 Å². The normalized spacial score (nSPS) is 10.7. The average Bonchev–Trinajstić information content (AvgIpc) is 2.59. The molecular weight excluding hydrogens is 280 g/mol. The van der Waals surface area contributed by atoms with Crippen LogP contribution in [0.25, 0.3) is 0 Å². The summed E-state index contributed by atoms with van der Waals surface area (Å²) in [5.74, 6) is -1.01. The molecule has 0 fully saturated rings. The molecule has 0 spiro atoms. The highest BCUT2D eigenvalue weighted by Gasteiger charge is 2.14. The first-order valence-electron chi connectivity index (χ1n) is 6.67. The third-order valence-electron chi connectivity index (χ3n) is 2.85. The summed E-state index contributed by atoms with van der Waals surface area (Å²) in [4.78, 5) is 23.9. The lowest BCUT2D eigenvalue weighted by molar-refractivity contribution is -0.136. The molecule has 112 valence electrons. The van der Waals surface area contributed by atoms with E-state index in [0.717, 1.165) is 5.69 Å². The predicted octanol–water partition coefficient (Wildman–Crippen LogP) is 2.54. The Morgan fingerprint density at radius 2 is 1.55 bits per heavy atom. The Balaban J connectivity index is 2.13. The lowest BCUT2D eigenvalue weighted by Crippen LogP contribution is -2.28. The van der Waals surface area contributed by atoms with E-state index in [-0.39, 0.29) is 11.6 Å². The van der Waals surface area contributed by atoms with E-state index >= 15 is 0 Å². The van der Waals surface area contributed by atoms with Crippen molar-refractivity contribution in [2.24, 2.45) is 0 Å². The Hall–Kier alpha value is -3.08. The molecule has 5 heteroatoms. The molecule has 1 amide bonds. The topological polar surface area (TPSA) is 67.4 Å². The third kappa shape index (κ3) is 4.21. The fourth-order valence-corrected chi connectivity index (χ4v) is 1.73. The molecule has 5 nitrogen and oxygen atoms in total. The van der Waals surface area contributed by atoms with Gasteiger partial charge in [-0.1, -0.05) is 36.4 Å². The SMILES string of the molecule is COC(=O)C(=CNc1ccccc1)NC(=O)c1ccccc1. The Labute approximate surface area is 128 Å². The molecule has 0 saturated carbocycles. The molecule has 2 rings (SSSR count). The zero-order valence-corrected chi connectivity index (χ0v) is 12.1. The monoisotopic (exact) mass is 296 g/mol. The second kappa shape index (κ2) is 7.64. The van der Waals surface area contributed by atoms with Gasteiger partial charge in [0.25, 0.3) is 5.91 Å². The van der Waals surface area contributed by atoms with E-state index in [4.69, 9.17) is 0 Å². The molecule has 0 heterocycles. The van der Waals surface area contributed by atoms with Crippen molar-refractivity contribution in [1.82, 2.24) is 5.32 Å². The van der Waals surface area contributed by atoms with Crippen LogP contribution in [0, 0.1) is 0 Å². The highest BCUT2D eigenvalue weighted by molar-refractivity contribution is 6.01. The molecule has 2 aromatic carbocycles. The van der Waals surface area contributed by atoms with Gasteiger partial charge in [0.2, 0.25) is 0 Å². The number of benzene rings is 2. The molecule has 0 aromatic heterocycles. The van der Waals surface area contributed by atoms with Crippen molar-refractivity contribution < 1.29 is 14.3 Å². The number of nitrogens with one attached hydrogen (secondary N) is 2. The summed E-state index contributed by atoms with van der Waals surface area (Å²) < 4.78 is 4.68. The van der Waals surface area contributed by atoms with Gasteiger partial charge >= 0.3 is 5.97 Å². The first-order valence-corrected chi connectivity index (χ1v) is 6.67. The number of esters is 1. The van der Waals surface area contributed by atoms with Crippen LogP contribution < -0.4 is 10.6 Å². The van der Waals surface area contributed by atoms with Gasteiger partial charge in [0.05, 0.1) is 7.11 Å². The van der Waals surface area contributed by atoms with Gasteiger partial charge in [0.15, 0.2) is 0 Å². The molecule has 0 aliphatic heterocycles. The maximum absolute atomic E-state index is 12.1. The number of hydrogen-bond acceptors (Lipinski definition) is 4. The molecule has 0 saturated heterocycles. The summed E-state index contributed by atoms with van der Waals surface area (Å²) in [5, 5.41) is 5.48. The van der Waals surface area contributed by atoms with Gasteiger partial charge in [-0.3, -0.25) is 4.79 Å². The minimum atomic E-state index is -0.632. The quantitative estimate of drug-likeness (QED) is 0.657. The maximum Gasteiger partial charge on any atom is 0.356 e. The van der Waals surface area contributed by atoms with Crippen molar-refractivity contribution in [1.29, 1.82) is 0 Å². The second-order valence-corrected chi connectivity index (χ2v) is 4.38. The average molecular weight is 296 g/mol. The van der Waals surface area contributed by atoms with E-state index in [1.807, 2.05) is 36.4 Å². The number of methoxy groups -OCH3 is 1. The van der Waals surface area contributed by atoms with E-state index in [9.17, 15) is 9.59 Å². The van der Waals surface area contributed by atoms with E-state index in [1.54, 1.807) is 24.3 Å². The Kier molecular flexibility index (Phi) is 5.31. The van der Waals surface area contributed by atoms with Gasteiger partial charge in [0, 0.05) is 17.5 Å². The summed E-state index contributed by atoms with van der Waals surface area (Å²) >= 11 is 0. The van der Waals surface area contributed by atoms with Crippen LogP contribution in [0.1, 0.15) is 10.4 Å². The fraction of sp³-hybridized carbons (Fsp3) is 0.0588. The lowest BCUT2D eigenvalue weighted by atomic mass is 10.2. The number of carbonyl (C=O) groups is 2. The highest BCUT2D eigenvalue weighted by atomic mass is 16.5. The van der Waals surface area contributed by atoms with E-state index < -0.39 is 5.97 Å². The van der Waals surface area contributed by atoms with Crippen LogP contribution in [0.15, 0.2) is 72.6 Å². The van der Waals surface area contributed by atoms with Crippen LogP contribution >= 0.6 is 0 Å². The number of para-hydroxylation sites is 1. The summed E-state index contributed by atoms with van der Waals surface area (Å²) in [6.45, 7) is 0. The summed E-state index contributed by atoms with van der Waals surface area (Å²) in [6, 6.07) is 17.9. The van der Waals surface area contributed by atoms with Gasteiger partial charge in [0.1, 0.15) is 5.70 Å². The molecular formula is C17H16N2O3. The first kappa shape index (κ1) is 15.3. The molecule has 2 aromatic rings. The molecule has 0 aliphatic rings. The molecule has 0 atom stereocenters. The molecule has 0 radical (unpaired) electrons. The molecule has 2 N–H and O–H groups in total. The standard InChI is InChI=1S/C17H16N2O3/c1-22-17(21)15(12-18-14-10-6-3-7-11-14)19-16(20)13-8-4-2-5-9-13/h2-12,18H,1H3,(H,19,20). The summed E-state index contributed by atoms with van der Waals surface area (Å²) in [5.41, 5.74) is 1.27. The lowest BCUT2D eigenvalue weighted by Gasteiger charge is -2.09. The van der Waals surface area contributed by atoms with Gasteiger partial charge in [-0.25, -0.2) is 4.79 Å². The van der Waals surface area contributed by atoms with Crippen LogP contribution in [0.2, 0.25) is 0 Å². The van der Waals surface area contributed by atoms with Crippen LogP contribution in [-0.2, 0) is 9.53 Å². The molecule has 0 bridgehead atoms. The van der Waals surface area contributed by atoms with Crippen molar-refractivity contribution in [2.45, 2.75) is 0 Å². The predicted molar refractivity (Wildman–Crippen MR) is 84.1 cm³/mol. The van der Waals surface area contributed by atoms with Gasteiger partial charge in [-0.15, -0.1) is 0 Å². The first-order chi connectivity index (χ1) is 10.7. The van der Waals surface area contributed by atoms with Crippen LogP contribution in [0.5, 0.6) is 0 Å². The minimum Gasteiger partial charge on any atom is -0.464 e. The van der Waals surface area contributed by atoms with Crippen molar-refractivity contribution in [3.05, 3.63) is 78.1 Å². The molecule has 0 unspecified atom stereocenters. The zero-order chi connectivity index (χ0) is 15.8. The number of ether oxygens (including phenoxy) is 1. The zero-order valence-electron chi connectivity index (χ0n) is 12.1. The number of amides is 1. The van der Waals surface area contributed by atoms with Crippen LogP contribution in [-0.4, -0.2) is 19.0 Å². The minimum absolute atomic E-state index is 0.0280. The van der Waals surface area contributed by atoms with Crippen LogP contribution in [0.3, 0.4) is 0 Å². The smallest absolute Gasteiger partial charge is 0.356 e. The van der Waals surface area contributed by atoms with E-state index in [0.29, 0.717) is 5.56 Å². The Morgan fingerprint density at radius 1 is 0.955 bits per heavy atom. The summed E-state index contributed by atoms with van der Waals surface area (Å²) in [7, 11) is 1.26. The second-order valence-electron chi connectivity index (χ2n) is 4.38. The van der Waals surface area contributed by atoms with Gasteiger partial charge in [-0.2, -0.15) is 0 Å². The maximum atomic E-state index is 12.1. The van der Waals surface area contributed by atoms with E-state index in [2.05, 4.69) is 15.4 Å². The Morgan fingerprint density at radius 3 is 2.14 bits per heavy atom. The number of anilines is 1. The van der Waals surface area contributed by atoms with Crippen LogP contribution in [0.4, 0.5) is 5.69 Å². The van der Waals surface area contributed by atoms with Crippen molar-refractivity contribution in [3.8, 4) is 0 Å². The molecule has 22 heavy (non-hydrogen) atoms. The van der Waals surface area contributed by atoms with E-state index in [1.165, 1.54) is 13.3 Å². The molecule has 0 aliphatic carbocycles. The van der Waals surface area contributed by atoms with Crippen molar-refractivity contribution in [2.75, 3.05) is 12.4 Å². The third-order valence-corrected chi connectivity index (χ3v) is 2.85. The van der Waals surface area contributed by atoms with Crippen molar-refractivity contribution in [3.63, 3.8) is 0 Å². The number of hydrogen-bond donors (Lipinski definition) is 2. The highest BCUT2D eigenvalue weighted by Crippen LogP contribution is 2.07. The van der Waals surface area contributed by atoms with Gasteiger partial charge in [-0.05, 0) is 24.3 Å². The largest absolute Gasteiger partial charge is 0.464 e. The number of carbonyl (C=O) groups excluding carboxylic acids is 2. The Bertz CT molecular complexity index is 667. The van der Waals surface area contributed by atoms with Crippen molar-refractivity contribution >= 4 is 17.6 Å². The fourth-order valence-electron chi connectivity index (χ4n) is 1.73.